The van der Waals surface area contributed by atoms with Gasteiger partial charge in [0.05, 0.1) is 0 Å². The van der Waals surface area contributed by atoms with Crippen LogP contribution >= 0.6 is 11.6 Å². The quantitative estimate of drug-likeness (QED) is 0.856. The molecule has 3 heteroatoms. The maximum Gasteiger partial charge on any atom is 0.128 e. The van der Waals surface area contributed by atoms with Crippen molar-refractivity contribution in [3.63, 3.8) is 0 Å². The fourth-order valence-corrected chi connectivity index (χ4v) is 3.22. The minimum Gasteiger partial charge on any atom is -0.314 e. The summed E-state index contributed by atoms with van der Waals surface area (Å²) >= 11 is 6.18. The Hall–Kier alpha value is -0.600. The molecule has 1 aliphatic rings. The fourth-order valence-electron chi connectivity index (χ4n) is 2.91. The Labute approximate surface area is 114 Å². The van der Waals surface area contributed by atoms with Gasteiger partial charge in [-0.1, -0.05) is 37.9 Å². The normalized spacial score (nSPS) is 23.8. The van der Waals surface area contributed by atoms with Crippen LogP contribution in [-0.4, -0.2) is 12.6 Å². The molecule has 2 rings (SSSR count). The molecule has 1 aromatic rings. The molecule has 18 heavy (non-hydrogen) atoms. The molecule has 100 valence electrons. The lowest BCUT2D eigenvalue weighted by atomic mass is 9.88. The second-order valence-electron chi connectivity index (χ2n) is 5.50. The van der Waals surface area contributed by atoms with Gasteiger partial charge in [-0.05, 0) is 43.4 Å². The van der Waals surface area contributed by atoms with Crippen LogP contribution in [0.4, 0.5) is 4.39 Å². The van der Waals surface area contributed by atoms with Crippen LogP contribution in [0.15, 0.2) is 18.2 Å². The zero-order chi connectivity index (χ0) is 13.1. The maximum atomic E-state index is 14.0. The molecule has 0 radical (unpaired) electrons. The van der Waals surface area contributed by atoms with Crippen molar-refractivity contribution in [2.45, 2.75) is 45.1 Å². The van der Waals surface area contributed by atoms with Gasteiger partial charge in [-0.15, -0.1) is 0 Å². The molecule has 0 saturated heterocycles. The van der Waals surface area contributed by atoms with Gasteiger partial charge in [0, 0.05) is 16.6 Å². The summed E-state index contributed by atoms with van der Waals surface area (Å²) in [4.78, 5) is 0. The smallest absolute Gasteiger partial charge is 0.128 e. The lowest BCUT2D eigenvalue weighted by Gasteiger charge is -2.23. The third-order valence-electron chi connectivity index (χ3n) is 3.82. The fraction of sp³-hybridized carbons (Fsp3) is 0.600. The van der Waals surface area contributed by atoms with Gasteiger partial charge >= 0.3 is 0 Å². The summed E-state index contributed by atoms with van der Waals surface area (Å²) < 4.78 is 14.0. The summed E-state index contributed by atoms with van der Waals surface area (Å²) in [7, 11) is 0. The molecule has 1 N–H and O–H groups in total. The van der Waals surface area contributed by atoms with Gasteiger partial charge < -0.3 is 5.32 Å². The monoisotopic (exact) mass is 269 g/mol. The SMILES string of the molecule is CC(C)NCC1CCCC1c1c(F)cccc1Cl. The van der Waals surface area contributed by atoms with Crippen molar-refractivity contribution in [2.75, 3.05) is 6.54 Å². The number of rotatable bonds is 4. The molecule has 1 aliphatic carbocycles. The van der Waals surface area contributed by atoms with Gasteiger partial charge in [-0.3, -0.25) is 0 Å². The molecule has 1 fully saturated rings. The molecule has 2 unspecified atom stereocenters. The van der Waals surface area contributed by atoms with Crippen LogP contribution in [0, 0.1) is 11.7 Å². The first-order chi connectivity index (χ1) is 8.59. The van der Waals surface area contributed by atoms with E-state index in [1.807, 2.05) is 0 Å². The van der Waals surface area contributed by atoms with E-state index >= 15 is 0 Å². The number of nitrogens with one attached hydrogen (secondary N) is 1. The van der Waals surface area contributed by atoms with Gasteiger partial charge in [0.2, 0.25) is 0 Å². The summed E-state index contributed by atoms with van der Waals surface area (Å²) in [5.74, 6) is 0.621. The molecule has 1 nitrogen and oxygen atoms in total. The van der Waals surface area contributed by atoms with Crippen LogP contribution in [0.3, 0.4) is 0 Å². The van der Waals surface area contributed by atoms with Crippen LogP contribution in [0.1, 0.15) is 44.6 Å². The van der Waals surface area contributed by atoms with Crippen molar-refractivity contribution in [3.05, 3.63) is 34.6 Å². The first kappa shape index (κ1) is 13.8. The zero-order valence-electron chi connectivity index (χ0n) is 11.0. The van der Waals surface area contributed by atoms with E-state index in [0.29, 0.717) is 17.0 Å². The second-order valence-corrected chi connectivity index (χ2v) is 5.90. The Bertz CT molecular complexity index is 385. The summed E-state index contributed by atoms with van der Waals surface area (Å²) in [6, 6.07) is 5.47. The topological polar surface area (TPSA) is 12.0 Å². The Morgan fingerprint density at radius 3 is 2.83 bits per heavy atom. The van der Waals surface area contributed by atoms with Crippen LogP contribution < -0.4 is 5.32 Å². The van der Waals surface area contributed by atoms with Crippen molar-refractivity contribution >= 4 is 11.6 Å². The first-order valence-corrected chi connectivity index (χ1v) is 7.14. The molecule has 2 atom stereocenters. The molecule has 0 amide bonds. The highest BCUT2D eigenvalue weighted by molar-refractivity contribution is 6.31. The standard InChI is InChI=1S/C15H21ClFN/c1-10(2)18-9-11-5-3-6-12(11)15-13(16)7-4-8-14(15)17/h4,7-8,10-12,18H,3,5-6,9H2,1-2H3. The average molecular weight is 270 g/mol. The Morgan fingerprint density at radius 1 is 1.39 bits per heavy atom. The molecule has 0 aromatic heterocycles. The summed E-state index contributed by atoms with van der Waals surface area (Å²) in [6.45, 7) is 5.23. The molecule has 0 spiro atoms. The molecule has 0 bridgehead atoms. The Morgan fingerprint density at radius 2 is 2.17 bits per heavy atom. The Kier molecular flexibility index (Phi) is 4.63. The molecule has 1 aromatic carbocycles. The van der Waals surface area contributed by atoms with Crippen molar-refractivity contribution < 1.29 is 4.39 Å². The highest BCUT2D eigenvalue weighted by Gasteiger charge is 2.31. The van der Waals surface area contributed by atoms with Gasteiger partial charge in [0.1, 0.15) is 5.82 Å². The molecule has 1 saturated carbocycles. The van der Waals surface area contributed by atoms with Crippen LogP contribution in [0.2, 0.25) is 5.02 Å². The lowest BCUT2D eigenvalue weighted by molar-refractivity contribution is 0.414. The van der Waals surface area contributed by atoms with E-state index in [1.165, 1.54) is 12.5 Å². The predicted octanol–water partition coefficient (Wildman–Crippen LogP) is 4.36. The van der Waals surface area contributed by atoms with Crippen molar-refractivity contribution in [2.24, 2.45) is 5.92 Å². The van der Waals surface area contributed by atoms with E-state index in [1.54, 1.807) is 12.1 Å². The van der Waals surface area contributed by atoms with Crippen LogP contribution in [0.25, 0.3) is 0 Å². The second kappa shape index (κ2) is 6.03. The highest BCUT2D eigenvalue weighted by atomic mass is 35.5. The van der Waals surface area contributed by atoms with E-state index in [-0.39, 0.29) is 11.7 Å². The van der Waals surface area contributed by atoms with E-state index < -0.39 is 0 Å². The summed E-state index contributed by atoms with van der Waals surface area (Å²) in [5, 5.41) is 4.04. The van der Waals surface area contributed by atoms with Gasteiger partial charge in [-0.25, -0.2) is 4.39 Å². The molecular weight excluding hydrogens is 249 g/mol. The average Bonchev–Trinajstić information content (AvgIpc) is 2.74. The number of hydrogen-bond acceptors (Lipinski definition) is 1. The molecule has 0 heterocycles. The maximum absolute atomic E-state index is 14.0. The Balaban J connectivity index is 2.16. The molecule has 0 aliphatic heterocycles. The van der Waals surface area contributed by atoms with E-state index in [2.05, 4.69) is 19.2 Å². The third kappa shape index (κ3) is 3.04. The van der Waals surface area contributed by atoms with E-state index in [0.717, 1.165) is 24.9 Å². The van der Waals surface area contributed by atoms with Crippen molar-refractivity contribution in [3.8, 4) is 0 Å². The number of benzene rings is 1. The van der Waals surface area contributed by atoms with Gasteiger partial charge in [0.25, 0.3) is 0 Å². The summed E-state index contributed by atoms with van der Waals surface area (Å²) in [6.07, 6.45) is 3.37. The predicted molar refractivity (Wildman–Crippen MR) is 74.6 cm³/mol. The molecular formula is C15H21ClFN. The van der Waals surface area contributed by atoms with E-state index in [4.69, 9.17) is 11.6 Å². The van der Waals surface area contributed by atoms with Gasteiger partial charge in [0.15, 0.2) is 0 Å². The summed E-state index contributed by atoms with van der Waals surface area (Å²) in [5.41, 5.74) is 0.729. The van der Waals surface area contributed by atoms with Crippen molar-refractivity contribution in [1.82, 2.24) is 5.32 Å². The van der Waals surface area contributed by atoms with E-state index in [9.17, 15) is 4.39 Å². The zero-order valence-corrected chi connectivity index (χ0v) is 11.8. The first-order valence-electron chi connectivity index (χ1n) is 6.77. The number of hydrogen-bond donors (Lipinski definition) is 1. The van der Waals surface area contributed by atoms with Crippen LogP contribution in [-0.2, 0) is 0 Å². The lowest BCUT2D eigenvalue weighted by Crippen LogP contribution is -2.30. The minimum atomic E-state index is -0.149. The van der Waals surface area contributed by atoms with Crippen molar-refractivity contribution in [1.29, 1.82) is 0 Å². The third-order valence-corrected chi connectivity index (χ3v) is 4.15. The van der Waals surface area contributed by atoms with Crippen LogP contribution in [0.5, 0.6) is 0 Å². The van der Waals surface area contributed by atoms with Gasteiger partial charge in [-0.2, -0.15) is 0 Å². The minimum absolute atomic E-state index is 0.149. The highest BCUT2D eigenvalue weighted by Crippen LogP contribution is 2.42. The number of halogens is 2. The largest absolute Gasteiger partial charge is 0.314 e.